The Balaban J connectivity index is 1.57. The molecule has 2 unspecified atom stereocenters. The summed E-state index contributed by atoms with van der Waals surface area (Å²) in [5.41, 5.74) is 5.70. The maximum absolute atomic E-state index is 3.92. The molecule has 0 radical (unpaired) electrons. The van der Waals surface area contributed by atoms with Crippen LogP contribution < -0.4 is 10.6 Å². The Kier molecular flexibility index (Phi) is 3.29. The molecule has 1 saturated heterocycles. The molecule has 2 N–H and O–H groups in total. The normalized spacial score (nSPS) is 23.9. The summed E-state index contributed by atoms with van der Waals surface area (Å²) < 4.78 is 0. The molecule has 3 aromatic carbocycles. The molecule has 2 atom stereocenters. The van der Waals surface area contributed by atoms with Gasteiger partial charge in [-0.15, -0.1) is 0 Å². The van der Waals surface area contributed by atoms with Crippen molar-refractivity contribution in [2.75, 3.05) is 0 Å². The summed E-state index contributed by atoms with van der Waals surface area (Å²) in [6.45, 7) is 0. The minimum Gasteiger partial charge on any atom is -0.366 e. The van der Waals surface area contributed by atoms with Crippen molar-refractivity contribution in [1.82, 2.24) is 10.6 Å². The standard InChI is InChI=1S/C25H22N2/c1-3-11-19-17(7-1)15-18-8-2-4-12-20(18)24(19)25-26-21-13-5-9-16-10-6-14-22(27-25)23(16)21/h1-5,7-9,11-12,14-15,21,25-27H,6,10,13H2. The van der Waals surface area contributed by atoms with E-state index in [1.54, 1.807) is 0 Å². The van der Waals surface area contributed by atoms with Crippen LogP contribution in [0.5, 0.6) is 0 Å². The number of hydrogen-bond acceptors (Lipinski definition) is 2. The summed E-state index contributed by atoms with van der Waals surface area (Å²) in [5.74, 6) is 0. The molecule has 0 spiro atoms. The SMILES string of the molecule is C1=CC2=C3C(=CCC2)NC(c2c4ccccc4cc4ccccc24)NC3C1. The number of benzene rings is 3. The van der Waals surface area contributed by atoms with Gasteiger partial charge in [-0.1, -0.05) is 66.8 Å². The van der Waals surface area contributed by atoms with E-state index in [0.29, 0.717) is 6.04 Å². The van der Waals surface area contributed by atoms with Gasteiger partial charge in [-0.25, -0.2) is 0 Å². The zero-order valence-corrected chi connectivity index (χ0v) is 15.2. The van der Waals surface area contributed by atoms with Crippen LogP contribution in [0.1, 0.15) is 31.0 Å². The predicted molar refractivity (Wildman–Crippen MR) is 112 cm³/mol. The maximum Gasteiger partial charge on any atom is 0.105 e. The monoisotopic (exact) mass is 350 g/mol. The fourth-order valence-corrected chi connectivity index (χ4v) is 5.04. The molecule has 1 heterocycles. The van der Waals surface area contributed by atoms with Crippen LogP contribution in [-0.4, -0.2) is 6.04 Å². The highest BCUT2D eigenvalue weighted by Gasteiger charge is 2.33. The first-order chi connectivity index (χ1) is 13.4. The molecule has 0 saturated carbocycles. The average molecular weight is 350 g/mol. The number of hydrogen-bond donors (Lipinski definition) is 2. The highest BCUT2D eigenvalue weighted by Crippen LogP contribution is 2.39. The minimum atomic E-state index is 0.117. The van der Waals surface area contributed by atoms with Gasteiger partial charge in [0.25, 0.3) is 0 Å². The average Bonchev–Trinajstić information content (AvgIpc) is 2.72. The van der Waals surface area contributed by atoms with E-state index in [-0.39, 0.29) is 6.17 Å². The zero-order chi connectivity index (χ0) is 17.8. The number of allylic oxidation sites excluding steroid dienone is 3. The van der Waals surface area contributed by atoms with E-state index in [2.05, 4.69) is 83.5 Å². The van der Waals surface area contributed by atoms with Crippen LogP contribution >= 0.6 is 0 Å². The first-order valence-electron chi connectivity index (χ1n) is 9.91. The van der Waals surface area contributed by atoms with Gasteiger partial charge in [0.1, 0.15) is 6.17 Å². The van der Waals surface area contributed by atoms with Crippen molar-refractivity contribution < 1.29 is 0 Å². The van der Waals surface area contributed by atoms with Gasteiger partial charge in [0.15, 0.2) is 0 Å². The summed E-state index contributed by atoms with van der Waals surface area (Å²) in [6, 6.07) is 20.2. The molecule has 3 aromatic rings. The molecule has 0 bridgehead atoms. The van der Waals surface area contributed by atoms with E-state index in [0.717, 1.165) is 19.3 Å². The molecule has 3 aliphatic rings. The van der Waals surface area contributed by atoms with Gasteiger partial charge in [-0.05, 0) is 58.0 Å². The Morgan fingerprint density at radius 2 is 1.63 bits per heavy atom. The van der Waals surface area contributed by atoms with Crippen LogP contribution in [0, 0.1) is 0 Å². The highest BCUT2D eigenvalue weighted by molar-refractivity contribution is 6.02. The van der Waals surface area contributed by atoms with E-state index >= 15 is 0 Å². The first kappa shape index (κ1) is 15.2. The fraction of sp³-hybridized carbons (Fsp3) is 0.200. The lowest BCUT2D eigenvalue weighted by atomic mass is 9.82. The predicted octanol–water partition coefficient (Wildman–Crippen LogP) is 5.49. The largest absolute Gasteiger partial charge is 0.366 e. The molecule has 132 valence electrons. The third kappa shape index (κ3) is 2.30. The Bertz CT molecular complexity index is 1110. The van der Waals surface area contributed by atoms with Crippen molar-refractivity contribution in [2.45, 2.75) is 31.5 Å². The number of fused-ring (bicyclic) bond motifs is 2. The second kappa shape index (κ2) is 5.83. The highest BCUT2D eigenvalue weighted by atomic mass is 15.2. The summed E-state index contributed by atoms with van der Waals surface area (Å²) in [4.78, 5) is 0. The van der Waals surface area contributed by atoms with Crippen molar-refractivity contribution in [3.05, 3.63) is 95.2 Å². The van der Waals surface area contributed by atoms with Crippen molar-refractivity contribution in [2.24, 2.45) is 0 Å². The number of nitrogens with one attached hydrogen (secondary N) is 2. The minimum absolute atomic E-state index is 0.117. The lowest BCUT2D eigenvalue weighted by Gasteiger charge is -2.41. The van der Waals surface area contributed by atoms with Crippen molar-refractivity contribution >= 4 is 21.5 Å². The van der Waals surface area contributed by atoms with Crippen LogP contribution in [0.4, 0.5) is 0 Å². The first-order valence-corrected chi connectivity index (χ1v) is 9.91. The third-order valence-corrected chi connectivity index (χ3v) is 6.21. The van der Waals surface area contributed by atoms with Crippen molar-refractivity contribution in [3.63, 3.8) is 0 Å². The molecule has 1 aliphatic heterocycles. The summed E-state index contributed by atoms with van der Waals surface area (Å²) in [5, 5.41) is 13.0. The summed E-state index contributed by atoms with van der Waals surface area (Å²) in [7, 11) is 0. The molecule has 2 aliphatic carbocycles. The molecule has 0 amide bonds. The van der Waals surface area contributed by atoms with Gasteiger partial charge in [0.05, 0.1) is 0 Å². The van der Waals surface area contributed by atoms with Crippen molar-refractivity contribution in [1.29, 1.82) is 0 Å². The molecule has 27 heavy (non-hydrogen) atoms. The third-order valence-electron chi connectivity index (χ3n) is 6.21. The summed E-state index contributed by atoms with van der Waals surface area (Å²) in [6.07, 6.45) is 10.5. The van der Waals surface area contributed by atoms with Crippen LogP contribution in [0.15, 0.2) is 89.7 Å². The molecular formula is C25H22N2. The smallest absolute Gasteiger partial charge is 0.105 e. The van der Waals surface area contributed by atoms with Gasteiger partial charge in [0, 0.05) is 17.3 Å². The number of rotatable bonds is 1. The Morgan fingerprint density at radius 1 is 0.889 bits per heavy atom. The fourth-order valence-electron chi connectivity index (χ4n) is 5.04. The van der Waals surface area contributed by atoms with Crippen LogP contribution in [0.25, 0.3) is 21.5 Å². The summed E-state index contributed by atoms with van der Waals surface area (Å²) >= 11 is 0. The van der Waals surface area contributed by atoms with Crippen molar-refractivity contribution in [3.8, 4) is 0 Å². The molecule has 6 rings (SSSR count). The lowest BCUT2D eigenvalue weighted by Crippen LogP contribution is -2.49. The van der Waals surface area contributed by atoms with Crippen LogP contribution in [-0.2, 0) is 0 Å². The van der Waals surface area contributed by atoms with Gasteiger partial charge in [-0.3, -0.25) is 5.32 Å². The Labute approximate surface area is 159 Å². The lowest BCUT2D eigenvalue weighted by molar-refractivity contribution is 0.390. The quantitative estimate of drug-likeness (QED) is 0.567. The Hall–Kier alpha value is -2.84. The van der Waals surface area contributed by atoms with Gasteiger partial charge in [0.2, 0.25) is 0 Å². The van der Waals surface area contributed by atoms with Gasteiger partial charge < -0.3 is 5.32 Å². The van der Waals surface area contributed by atoms with E-state index in [1.807, 2.05) is 0 Å². The van der Waals surface area contributed by atoms with Crippen LogP contribution in [0.3, 0.4) is 0 Å². The van der Waals surface area contributed by atoms with E-state index < -0.39 is 0 Å². The van der Waals surface area contributed by atoms with E-state index in [9.17, 15) is 0 Å². The second-order valence-electron chi connectivity index (χ2n) is 7.76. The molecule has 2 heteroatoms. The Morgan fingerprint density at radius 3 is 2.41 bits per heavy atom. The molecular weight excluding hydrogens is 328 g/mol. The molecule has 1 fully saturated rings. The second-order valence-corrected chi connectivity index (χ2v) is 7.76. The van der Waals surface area contributed by atoms with Crippen LogP contribution in [0.2, 0.25) is 0 Å². The topological polar surface area (TPSA) is 24.1 Å². The van der Waals surface area contributed by atoms with E-state index in [1.165, 1.54) is 44.0 Å². The molecule has 2 nitrogen and oxygen atoms in total. The zero-order valence-electron chi connectivity index (χ0n) is 15.2. The van der Waals surface area contributed by atoms with Gasteiger partial charge in [-0.2, -0.15) is 0 Å². The van der Waals surface area contributed by atoms with Gasteiger partial charge >= 0.3 is 0 Å². The molecule has 0 aromatic heterocycles. The maximum atomic E-state index is 3.92. The van der Waals surface area contributed by atoms with E-state index in [4.69, 9.17) is 0 Å².